The van der Waals surface area contributed by atoms with Gasteiger partial charge in [-0.05, 0) is 33.6 Å². The molecule has 0 unspecified atom stereocenters. The molecular formula is C11H10BrFN2O. The average Bonchev–Trinajstić information content (AvgIpc) is 2.62. The summed E-state index contributed by atoms with van der Waals surface area (Å²) in [5.41, 5.74) is 1.03. The van der Waals surface area contributed by atoms with Crippen LogP contribution in [0.4, 0.5) is 4.39 Å². The Labute approximate surface area is 101 Å². The lowest BCUT2D eigenvalue weighted by Crippen LogP contribution is -2.01. The molecule has 0 spiro atoms. The van der Waals surface area contributed by atoms with Crippen molar-refractivity contribution in [3.05, 3.63) is 46.4 Å². The number of rotatable bonds is 3. The molecule has 2 rings (SSSR count). The Morgan fingerprint density at radius 3 is 2.56 bits per heavy atom. The summed E-state index contributed by atoms with van der Waals surface area (Å²) < 4.78 is 20.0. The highest BCUT2D eigenvalue weighted by atomic mass is 79.9. The molecule has 0 radical (unpaired) electrons. The fourth-order valence-corrected chi connectivity index (χ4v) is 1.68. The van der Waals surface area contributed by atoms with Crippen molar-refractivity contribution in [3.8, 4) is 5.75 Å². The number of benzene rings is 1. The van der Waals surface area contributed by atoms with Crippen molar-refractivity contribution in [3.63, 3.8) is 0 Å². The number of methoxy groups -OCH3 is 1. The molecule has 2 aromatic rings. The van der Waals surface area contributed by atoms with E-state index in [4.69, 9.17) is 4.74 Å². The molecule has 0 bridgehead atoms. The van der Waals surface area contributed by atoms with Crippen LogP contribution in [0.15, 0.2) is 35.1 Å². The van der Waals surface area contributed by atoms with Crippen molar-refractivity contribution in [1.29, 1.82) is 0 Å². The second-order valence-electron chi connectivity index (χ2n) is 3.29. The Hall–Kier alpha value is -1.36. The van der Waals surface area contributed by atoms with Crippen molar-refractivity contribution in [2.45, 2.75) is 6.54 Å². The number of ether oxygens (including phenoxy) is 1. The van der Waals surface area contributed by atoms with Crippen LogP contribution in [-0.2, 0) is 6.54 Å². The standard InChI is InChI=1S/C11H10BrFN2O/c1-16-9-4-2-8(3-5-9)7-15-11(12)10(13)6-14-15/h2-6H,7H2,1H3. The van der Waals surface area contributed by atoms with E-state index in [1.165, 1.54) is 6.20 Å². The van der Waals surface area contributed by atoms with Crippen LogP contribution >= 0.6 is 15.9 Å². The second kappa shape index (κ2) is 4.65. The van der Waals surface area contributed by atoms with Crippen molar-refractivity contribution >= 4 is 15.9 Å². The monoisotopic (exact) mass is 284 g/mol. The Bertz CT molecular complexity index is 481. The van der Waals surface area contributed by atoms with Crippen LogP contribution in [0.1, 0.15) is 5.56 Å². The molecule has 1 aromatic carbocycles. The number of hydrogen-bond acceptors (Lipinski definition) is 2. The van der Waals surface area contributed by atoms with E-state index in [0.717, 1.165) is 11.3 Å². The molecule has 84 valence electrons. The molecule has 0 N–H and O–H groups in total. The van der Waals surface area contributed by atoms with Gasteiger partial charge in [0, 0.05) is 0 Å². The van der Waals surface area contributed by atoms with Crippen LogP contribution in [0, 0.1) is 5.82 Å². The SMILES string of the molecule is COc1ccc(Cn2ncc(F)c2Br)cc1. The van der Waals surface area contributed by atoms with Gasteiger partial charge in [-0.3, -0.25) is 4.68 Å². The fourth-order valence-electron chi connectivity index (χ4n) is 1.36. The summed E-state index contributed by atoms with van der Waals surface area (Å²) in [7, 11) is 1.62. The Balaban J connectivity index is 2.17. The topological polar surface area (TPSA) is 27.1 Å². The Kier molecular flexibility index (Phi) is 3.24. The van der Waals surface area contributed by atoms with Gasteiger partial charge in [0.05, 0.1) is 19.9 Å². The van der Waals surface area contributed by atoms with Crippen molar-refractivity contribution in [1.82, 2.24) is 9.78 Å². The van der Waals surface area contributed by atoms with Crippen LogP contribution in [0.2, 0.25) is 0 Å². The van der Waals surface area contributed by atoms with Crippen LogP contribution in [-0.4, -0.2) is 16.9 Å². The van der Waals surface area contributed by atoms with Crippen molar-refractivity contribution in [2.75, 3.05) is 7.11 Å². The van der Waals surface area contributed by atoms with Gasteiger partial charge in [0.1, 0.15) is 10.4 Å². The molecule has 3 nitrogen and oxygen atoms in total. The summed E-state index contributed by atoms with van der Waals surface area (Å²) in [6.07, 6.45) is 1.19. The van der Waals surface area contributed by atoms with Crippen LogP contribution in [0.5, 0.6) is 5.75 Å². The number of hydrogen-bond donors (Lipinski definition) is 0. The maximum atomic E-state index is 13.0. The van der Waals surface area contributed by atoms with E-state index in [9.17, 15) is 4.39 Å². The molecule has 0 amide bonds. The molecule has 0 aliphatic carbocycles. The minimum atomic E-state index is -0.353. The lowest BCUT2D eigenvalue weighted by atomic mass is 10.2. The number of nitrogens with zero attached hydrogens (tertiary/aromatic N) is 2. The van der Waals surface area contributed by atoms with E-state index < -0.39 is 0 Å². The first kappa shape index (κ1) is 11.1. The summed E-state index contributed by atoms with van der Waals surface area (Å²) in [5, 5.41) is 3.92. The second-order valence-corrected chi connectivity index (χ2v) is 4.04. The van der Waals surface area contributed by atoms with Gasteiger partial charge in [-0.25, -0.2) is 4.39 Å². The first-order valence-electron chi connectivity index (χ1n) is 4.70. The molecule has 0 saturated heterocycles. The molecule has 0 atom stereocenters. The minimum Gasteiger partial charge on any atom is -0.497 e. The maximum Gasteiger partial charge on any atom is 0.175 e. The zero-order valence-electron chi connectivity index (χ0n) is 8.65. The third kappa shape index (κ3) is 2.24. The first-order valence-corrected chi connectivity index (χ1v) is 5.49. The predicted octanol–water partition coefficient (Wildman–Crippen LogP) is 2.84. The molecule has 5 heteroatoms. The quantitative estimate of drug-likeness (QED) is 0.867. The lowest BCUT2D eigenvalue weighted by molar-refractivity contribution is 0.414. The Morgan fingerprint density at radius 2 is 2.06 bits per heavy atom. The van der Waals surface area contributed by atoms with Crippen LogP contribution in [0.25, 0.3) is 0 Å². The zero-order chi connectivity index (χ0) is 11.5. The van der Waals surface area contributed by atoms with E-state index in [1.807, 2.05) is 24.3 Å². The van der Waals surface area contributed by atoms with Crippen molar-refractivity contribution in [2.24, 2.45) is 0 Å². The van der Waals surface area contributed by atoms with E-state index >= 15 is 0 Å². The average molecular weight is 285 g/mol. The van der Waals surface area contributed by atoms with E-state index in [1.54, 1.807) is 11.8 Å². The molecule has 0 fully saturated rings. The molecule has 0 saturated carbocycles. The summed E-state index contributed by atoms with van der Waals surface area (Å²) in [6.45, 7) is 0.522. The lowest BCUT2D eigenvalue weighted by Gasteiger charge is -2.04. The molecule has 16 heavy (non-hydrogen) atoms. The van der Waals surface area contributed by atoms with Gasteiger partial charge in [-0.2, -0.15) is 5.10 Å². The third-order valence-corrected chi connectivity index (χ3v) is 3.01. The summed E-state index contributed by atoms with van der Waals surface area (Å²) in [6, 6.07) is 7.57. The molecular weight excluding hydrogens is 275 g/mol. The highest BCUT2D eigenvalue weighted by Crippen LogP contribution is 2.17. The van der Waals surface area contributed by atoms with Gasteiger partial charge in [0.25, 0.3) is 0 Å². The van der Waals surface area contributed by atoms with Gasteiger partial charge >= 0.3 is 0 Å². The van der Waals surface area contributed by atoms with Gasteiger partial charge in [-0.1, -0.05) is 12.1 Å². The van der Waals surface area contributed by atoms with E-state index in [-0.39, 0.29) is 5.82 Å². The fraction of sp³-hybridized carbons (Fsp3) is 0.182. The van der Waals surface area contributed by atoms with Crippen molar-refractivity contribution < 1.29 is 9.13 Å². The normalized spacial score (nSPS) is 10.4. The zero-order valence-corrected chi connectivity index (χ0v) is 10.2. The maximum absolute atomic E-state index is 13.0. The summed E-state index contributed by atoms with van der Waals surface area (Å²) >= 11 is 3.14. The number of aromatic nitrogens is 2. The number of halogens is 2. The third-order valence-electron chi connectivity index (χ3n) is 2.23. The predicted molar refractivity (Wildman–Crippen MR) is 62.0 cm³/mol. The molecule has 0 aliphatic rings. The summed E-state index contributed by atoms with van der Waals surface area (Å²) in [4.78, 5) is 0. The highest BCUT2D eigenvalue weighted by molar-refractivity contribution is 9.10. The molecule has 1 heterocycles. The largest absolute Gasteiger partial charge is 0.497 e. The Morgan fingerprint density at radius 1 is 1.38 bits per heavy atom. The van der Waals surface area contributed by atoms with Gasteiger partial charge in [0.2, 0.25) is 0 Å². The van der Waals surface area contributed by atoms with Gasteiger partial charge in [-0.15, -0.1) is 0 Å². The highest BCUT2D eigenvalue weighted by Gasteiger charge is 2.07. The smallest absolute Gasteiger partial charge is 0.175 e. The van der Waals surface area contributed by atoms with Gasteiger partial charge < -0.3 is 4.74 Å². The van der Waals surface area contributed by atoms with Gasteiger partial charge in [0.15, 0.2) is 5.82 Å². The van der Waals surface area contributed by atoms with Crippen LogP contribution in [0.3, 0.4) is 0 Å². The minimum absolute atomic E-state index is 0.353. The summed E-state index contributed by atoms with van der Waals surface area (Å²) in [5.74, 6) is 0.447. The van der Waals surface area contributed by atoms with E-state index in [0.29, 0.717) is 11.1 Å². The van der Waals surface area contributed by atoms with E-state index in [2.05, 4.69) is 21.0 Å². The molecule has 0 aliphatic heterocycles. The first-order chi connectivity index (χ1) is 7.70. The molecule has 1 aromatic heterocycles. The van der Waals surface area contributed by atoms with Crippen LogP contribution < -0.4 is 4.74 Å².